The van der Waals surface area contributed by atoms with Crippen LogP contribution in [-0.4, -0.2) is 51.5 Å². The van der Waals surface area contributed by atoms with Gasteiger partial charge < -0.3 is 14.2 Å². The first-order valence-corrected chi connectivity index (χ1v) is 8.10. The Morgan fingerprint density at radius 2 is 2.29 bits per heavy atom. The second-order valence-electron chi connectivity index (χ2n) is 6.28. The minimum absolute atomic E-state index is 0.0656. The van der Waals surface area contributed by atoms with Gasteiger partial charge in [-0.1, -0.05) is 0 Å². The molecule has 2 amide bonds. The number of aryl methyl sites for hydroxylation is 1. The summed E-state index contributed by atoms with van der Waals surface area (Å²) in [6.07, 6.45) is 6.78. The zero-order valence-corrected chi connectivity index (χ0v) is 14.0. The molecule has 0 N–H and O–H groups in total. The number of piperidine rings is 1. The third-order valence-electron chi connectivity index (χ3n) is 4.34. The molecule has 24 heavy (non-hydrogen) atoms. The van der Waals surface area contributed by atoms with Crippen molar-refractivity contribution >= 4 is 11.8 Å². The largest absolute Gasteiger partial charge is 0.459 e. The maximum atomic E-state index is 12.7. The fourth-order valence-corrected chi connectivity index (χ4v) is 3.14. The van der Waals surface area contributed by atoms with Gasteiger partial charge in [-0.3, -0.25) is 14.3 Å². The van der Waals surface area contributed by atoms with E-state index in [1.54, 1.807) is 39.9 Å². The highest BCUT2D eigenvalue weighted by atomic mass is 16.3. The van der Waals surface area contributed by atoms with Crippen molar-refractivity contribution in [1.82, 2.24) is 19.6 Å². The van der Waals surface area contributed by atoms with Gasteiger partial charge in [-0.2, -0.15) is 5.10 Å². The summed E-state index contributed by atoms with van der Waals surface area (Å²) in [5, 5.41) is 4.12. The highest BCUT2D eigenvalue weighted by Crippen LogP contribution is 2.21. The lowest BCUT2D eigenvalue weighted by molar-refractivity contribution is -0.136. The molecule has 0 radical (unpaired) electrons. The Hall–Kier alpha value is -2.57. The third-order valence-corrected chi connectivity index (χ3v) is 4.34. The third kappa shape index (κ3) is 3.50. The summed E-state index contributed by atoms with van der Waals surface area (Å²) < 4.78 is 6.90. The molecule has 7 nitrogen and oxygen atoms in total. The van der Waals surface area contributed by atoms with Crippen molar-refractivity contribution < 1.29 is 14.0 Å². The predicted molar refractivity (Wildman–Crippen MR) is 87.0 cm³/mol. The van der Waals surface area contributed by atoms with Crippen LogP contribution in [-0.2, 0) is 18.4 Å². The molecule has 1 saturated heterocycles. The van der Waals surface area contributed by atoms with Crippen LogP contribution >= 0.6 is 0 Å². The molecule has 0 unspecified atom stereocenters. The van der Waals surface area contributed by atoms with Crippen LogP contribution in [0.1, 0.15) is 29.0 Å². The van der Waals surface area contributed by atoms with Crippen LogP contribution in [0, 0.1) is 5.92 Å². The molecular weight excluding hydrogens is 308 g/mol. The molecule has 1 atom stereocenters. The van der Waals surface area contributed by atoms with Crippen LogP contribution in [0.15, 0.2) is 35.2 Å². The minimum Gasteiger partial charge on any atom is -0.459 e. The minimum atomic E-state index is -0.167. The van der Waals surface area contributed by atoms with E-state index in [4.69, 9.17) is 4.42 Å². The van der Waals surface area contributed by atoms with Gasteiger partial charge in [-0.05, 0) is 25.0 Å². The molecule has 1 aliphatic heterocycles. The molecule has 0 spiro atoms. The van der Waals surface area contributed by atoms with Gasteiger partial charge in [0.15, 0.2) is 5.76 Å². The average molecular weight is 330 g/mol. The lowest BCUT2D eigenvalue weighted by Gasteiger charge is -2.33. The Bertz CT molecular complexity index is 707. The van der Waals surface area contributed by atoms with Crippen molar-refractivity contribution in [2.45, 2.75) is 19.4 Å². The second kappa shape index (κ2) is 6.90. The molecule has 3 heterocycles. The molecular formula is C17H22N4O3. The zero-order chi connectivity index (χ0) is 17.1. The molecule has 1 aliphatic rings. The van der Waals surface area contributed by atoms with E-state index in [1.165, 1.54) is 6.26 Å². The number of carbonyl (C=O) groups is 2. The van der Waals surface area contributed by atoms with Gasteiger partial charge in [-0.15, -0.1) is 0 Å². The first kappa shape index (κ1) is 16.3. The summed E-state index contributed by atoms with van der Waals surface area (Å²) in [6, 6.07) is 3.35. The van der Waals surface area contributed by atoms with Gasteiger partial charge in [0, 0.05) is 45.5 Å². The molecule has 0 aliphatic carbocycles. The summed E-state index contributed by atoms with van der Waals surface area (Å²) in [5.41, 5.74) is 0.993. The van der Waals surface area contributed by atoms with Crippen molar-refractivity contribution in [3.05, 3.63) is 42.1 Å². The van der Waals surface area contributed by atoms with Gasteiger partial charge in [0.1, 0.15) is 0 Å². The quantitative estimate of drug-likeness (QED) is 0.852. The van der Waals surface area contributed by atoms with E-state index in [0.29, 0.717) is 25.4 Å². The SMILES string of the molecule is CN(Cc1cnn(C)c1)C(=O)[C@H]1CCCN(C(=O)c2ccco2)C1. The summed E-state index contributed by atoms with van der Waals surface area (Å²) in [6.45, 7) is 1.63. The number of furan rings is 1. The van der Waals surface area contributed by atoms with Crippen molar-refractivity contribution in [2.24, 2.45) is 13.0 Å². The van der Waals surface area contributed by atoms with Crippen LogP contribution in [0.3, 0.4) is 0 Å². The maximum Gasteiger partial charge on any atom is 0.289 e. The maximum absolute atomic E-state index is 12.7. The van der Waals surface area contributed by atoms with Gasteiger partial charge >= 0.3 is 0 Å². The molecule has 2 aromatic rings. The molecule has 0 saturated carbocycles. The Kier molecular flexibility index (Phi) is 4.69. The molecule has 128 valence electrons. The van der Waals surface area contributed by atoms with Crippen LogP contribution in [0.4, 0.5) is 0 Å². The predicted octanol–water partition coefficient (Wildman–Crippen LogP) is 1.52. The number of hydrogen-bond acceptors (Lipinski definition) is 4. The standard InChI is InChI=1S/C17H22N4O3/c1-19(10-13-9-18-20(2)11-13)16(22)14-5-3-7-21(12-14)17(23)15-6-4-8-24-15/h4,6,8-9,11,14H,3,5,7,10,12H2,1-2H3/t14-/m0/s1. The van der Waals surface area contributed by atoms with Gasteiger partial charge in [0.2, 0.25) is 5.91 Å². The van der Waals surface area contributed by atoms with Crippen LogP contribution in [0.5, 0.6) is 0 Å². The number of likely N-dealkylation sites (tertiary alicyclic amines) is 1. The van der Waals surface area contributed by atoms with Gasteiger partial charge in [-0.25, -0.2) is 0 Å². The molecule has 2 aromatic heterocycles. The van der Waals surface area contributed by atoms with Gasteiger partial charge in [0.05, 0.1) is 18.4 Å². The van der Waals surface area contributed by atoms with E-state index in [1.807, 2.05) is 13.2 Å². The fourth-order valence-electron chi connectivity index (χ4n) is 3.14. The highest BCUT2D eigenvalue weighted by Gasteiger charge is 2.31. The van der Waals surface area contributed by atoms with E-state index in [-0.39, 0.29) is 17.7 Å². The van der Waals surface area contributed by atoms with Crippen molar-refractivity contribution in [3.8, 4) is 0 Å². The average Bonchev–Trinajstić information content (AvgIpc) is 3.25. The Morgan fingerprint density at radius 3 is 2.96 bits per heavy atom. The number of hydrogen-bond donors (Lipinski definition) is 0. The number of rotatable bonds is 4. The molecule has 0 aromatic carbocycles. The van der Waals surface area contributed by atoms with Crippen LogP contribution in [0.2, 0.25) is 0 Å². The van der Waals surface area contributed by atoms with Crippen molar-refractivity contribution in [1.29, 1.82) is 0 Å². The Labute approximate surface area is 140 Å². The van der Waals surface area contributed by atoms with E-state index >= 15 is 0 Å². The van der Waals surface area contributed by atoms with Crippen molar-refractivity contribution in [2.75, 3.05) is 20.1 Å². The normalized spacial score (nSPS) is 17.8. The molecule has 7 heteroatoms. The van der Waals surface area contributed by atoms with E-state index in [9.17, 15) is 9.59 Å². The van der Waals surface area contributed by atoms with E-state index < -0.39 is 0 Å². The summed E-state index contributed by atoms with van der Waals surface area (Å²) in [7, 11) is 3.65. The first-order chi connectivity index (χ1) is 11.5. The number of carbonyl (C=O) groups excluding carboxylic acids is 2. The number of amides is 2. The Morgan fingerprint density at radius 1 is 1.46 bits per heavy atom. The highest BCUT2D eigenvalue weighted by molar-refractivity contribution is 5.92. The lowest BCUT2D eigenvalue weighted by Crippen LogP contribution is -2.45. The molecule has 3 rings (SSSR count). The number of aromatic nitrogens is 2. The van der Waals surface area contributed by atoms with E-state index in [2.05, 4.69) is 5.10 Å². The lowest BCUT2D eigenvalue weighted by atomic mass is 9.96. The smallest absolute Gasteiger partial charge is 0.289 e. The molecule has 0 bridgehead atoms. The summed E-state index contributed by atoms with van der Waals surface area (Å²) >= 11 is 0. The van der Waals surface area contributed by atoms with Crippen molar-refractivity contribution in [3.63, 3.8) is 0 Å². The zero-order valence-electron chi connectivity index (χ0n) is 14.0. The summed E-state index contributed by atoms with van der Waals surface area (Å²) in [4.78, 5) is 28.5. The van der Waals surface area contributed by atoms with Crippen LogP contribution < -0.4 is 0 Å². The number of nitrogens with zero attached hydrogens (tertiary/aromatic N) is 4. The van der Waals surface area contributed by atoms with Gasteiger partial charge in [0.25, 0.3) is 5.91 Å². The topological polar surface area (TPSA) is 71.6 Å². The fraction of sp³-hybridized carbons (Fsp3) is 0.471. The van der Waals surface area contributed by atoms with E-state index in [0.717, 1.165) is 18.4 Å². The Balaban J connectivity index is 1.61. The summed E-state index contributed by atoms with van der Waals surface area (Å²) in [5.74, 6) is 0.0781. The monoisotopic (exact) mass is 330 g/mol. The van der Waals surface area contributed by atoms with Crippen LogP contribution in [0.25, 0.3) is 0 Å². The second-order valence-corrected chi connectivity index (χ2v) is 6.28. The first-order valence-electron chi connectivity index (χ1n) is 8.10. The molecule has 1 fully saturated rings.